The molecule has 2 amide bonds. The number of carbonyl (C=O) groups is 2. The van der Waals surface area contributed by atoms with Gasteiger partial charge in [-0.3, -0.25) is 4.79 Å². The van der Waals surface area contributed by atoms with E-state index in [4.69, 9.17) is 5.11 Å². The maximum Gasteiger partial charge on any atom is 0.317 e. The number of amides is 2. The third-order valence-electron chi connectivity index (χ3n) is 3.86. The van der Waals surface area contributed by atoms with Crippen molar-refractivity contribution in [2.75, 3.05) is 26.7 Å². The zero-order valence-corrected chi connectivity index (χ0v) is 11.5. The first-order chi connectivity index (χ1) is 9.06. The summed E-state index contributed by atoms with van der Waals surface area (Å²) in [6, 6.07) is 0.402. The van der Waals surface area contributed by atoms with E-state index in [9.17, 15) is 9.59 Å². The molecular formula is C13H23N3O3. The van der Waals surface area contributed by atoms with Crippen LogP contribution in [0, 0.1) is 0 Å². The SMILES string of the molecule is CN1CCC(NC(=O)N(CCC(=O)O)C2CC2)CC1. The zero-order valence-electron chi connectivity index (χ0n) is 11.5. The summed E-state index contributed by atoms with van der Waals surface area (Å²) in [5.74, 6) is -0.849. The molecule has 1 saturated carbocycles. The molecule has 1 saturated heterocycles. The van der Waals surface area contributed by atoms with Crippen LogP contribution in [-0.4, -0.2) is 65.7 Å². The first-order valence-corrected chi connectivity index (χ1v) is 7.03. The second-order valence-electron chi connectivity index (χ2n) is 5.60. The molecule has 0 atom stereocenters. The molecule has 108 valence electrons. The van der Waals surface area contributed by atoms with Crippen molar-refractivity contribution in [1.29, 1.82) is 0 Å². The molecule has 2 aliphatic rings. The maximum absolute atomic E-state index is 12.2. The van der Waals surface area contributed by atoms with Crippen LogP contribution in [0.3, 0.4) is 0 Å². The van der Waals surface area contributed by atoms with Gasteiger partial charge in [-0.05, 0) is 45.8 Å². The maximum atomic E-state index is 12.2. The number of carboxylic acid groups (broad SMARTS) is 1. The number of aliphatic carboxylic acids is 1. The standard InChI is InChI=1S/C13H23N3O3/c1-15-7-4-10(5-8-15)14-13(19)16(11-2-3-11)9-6-12(17)18/h10-11H,2-9H2,1H3,(H,14,19)(H,17,18). The van der Waals surface area contributed by atoms with Crippen LogP contribution >= 0.6 is 0 Å². The molecule has 1 aliphatic carbocycles. The highest BCUT2D eigenvalue weighted by Gasteiger charge is 2.33. The van der Waals surface area contributed by atoms with Crippen LogP contribution in [0.2, 0.25) is 0 Å². The van der Waals surface area contributed by atoms with Gasteiger partial charge < -0.3 is 20.2 Å². The number of piperidine rings is 1. The molecule has 1 aliphatic heterocycles. The smallest absolute Gasteiger partial charge is 0.317 e. The van der Waals surface area contributed by atoms with Gasteiger partial charge in [-0.1, -0.05) is 0 Å². The third-order valence-corrected chi connectivity index (χ3v) is 3.86. The number of hydrogen-bond donors (Lipinski definition) is 2. The fourth-order valence-corrected chi connectivity index (χ4v) is 2.46. The average Bonchev–Trinajstić information content (AvgIpc) is 3.16. The van der Waals surface area contributed by atoms with E-state index in [1.54, 1.807) is 4.90 Å². The van der Waals surface area contributed by atoms with E-state index in [0.717, 1.165) is 38.8 Å². The molecule has 0 radical (unpaired) electrons. The van der Waals surface area contributed by atoms with Gasteiger partial charge >= 0.3 is 12.0 Å². The van der Waals surface area contributed by atoms with Gasteiger partial charge in [0.25, 0.3) is 0 Å². The van der Waals surface area contributed by atoms with E-state index >= 15 is 0 Å². The van der Waals surface area contributed by atoms with Crippen LogP contribution in [0.4, 0.5) is 4.79 Å². The Morgan fingerprint density at radius 1 is 1.26 bits per heavy atom. The van der Waals surface area contributed by atoms with Crippen LogP contribution in [0.5, 0.6) is 0 Å². The number of urea groups is 1. The van der Waals surface area contributed by atoms with Gasteiger partial charge in [-0.25, -0.2) is 4.79 Å². The molecule has 1 heterocycles. The Hall–Kier alpha value is -1.30. The van der Waals surface area contributed by atoms with Gasteiger partial charge in [0, 0.05) is 18.6 Å². The Morgan fingerprint density at radius 2 is 1.89 bits per heavy atom. The topological polar surface area (TPSA) is 72.9 Å². The monoisotopic (exact) mass is 269 g/mol. The van der Waals surface area contributed by atoms with Crippen molar-refractivity contribution in [1.82, 2.24) is 15.1 Å². The summed E-state index contributed by atoms with van der Waals surface area (Å²) in [5.41, 5.74) is 0. The van der Waals surface area contributed by atoms with Gasteiger partial charge in [0.2, 0.25) is 0 Å². The highest BCUT2D eigenvalue weighted by atomic mass is 16.4. The van der Waals surface area contributed by atoms with E-state index in [2.05, 4.69) is 17.3 Å². The van der Waals surface area contributed by atoms with Crippen LogP contribution in [0.1, 0.15) is 32.1 Å². The van der Waals surface area contributed by atoms with E-state index in [1.807, 2.05) is 0 Å². The zero-order chi connectivity index (χ0) is 13.8. The summed E-state index contributed by atoms with van der Waals surface area (Å²) in [6.45, 7) is 2.32. The van der Waals surface area contributed by atoms with Crippen LogP contribution in [-0.2, 0) is 4.79 Å². The summed E-state index contributed by atoms with van der Waals surface area (Å²) < 4.78 is 0. The number of rotatable bonds is 5. The van der Waals surface area contributed by atoms with Gasteiger partial charge in [0.05, 0.1) is 6.42 Å². The number of nitrogens with zero attached hydrogens (tertiary/aromatic N) is 2. The van der Waals surface area contributed by atoms with Crippen molar-refractivity contribution in [3.8, 4) is 0 Å². The second kappa shape index (κ2) is 6.23. The molecule has 2 fully saturated rings. The fourth-order valence-electron chi connectivity index (χ4n) is 2.46. The predicted molar refractivity (Wildman–Crippen MR) is 71.0 cm³/mol. The minimum Gasteiger partial charge on any atom is -0.481 e. The molecule has 6 nitrogen and oxygen atoms in total. The van der Waals surface area contributed by atoms with Crippen LogP contribution in [0.25, 0.3) is 0 Å². The Labute approximate surface area is 113 Å². The molecule has 0 spiro atoms. The molecule has 2 N–H and O–H groups in total. The molecule has 0 unspecified atom stereocenters. The number of nitrogens with one attached hydrogen (secondary N) is 1. The van der Waals surface area contributed by atoms with Crippen molar-refractivity contribution in [2.24, 2.45) is 0 Å². The highest BCUT2D eigenvalue weighted by molar-refractivity contribution is 5.76. The lowest BCUT2D eigenvalue weighted by molar-refractivity contribution is -0.137. The summed E-state index contributed by atoms with van der Waals surface area (Å²) in [4.78, 5) is 26.8. The van der Waals surface area contributed by atoms with Gasteiger partial charge in [0.15, 0.2) is 0 Å². The Morgan fingerprint density at radius 3 is 2.42 bits per heavy atom. The van der Waals surface area contributed by atoms with E-state index in [-0.39, 0.29) is 24.5 Å². The minimum absolute atomic E-state index is 0.0251. The molecule has 0 aromatic heterocycles. The third kappa shape index (κ3) is 4.38. The first kappa shape index (κ1) is 14.1. The second-order valence-corrected chi connectivity index (χ2v) is 5.60. The fraction of sp³-hybridized carbons (Fsp3) is 0.846. The quantitative estimate of drug-likeness (QED) is 0.771. The lowest BCUT2D eigenvalue weighted by atomic mass is 10.1. The predicted octanol–water partition coefficient (Wildman–Crippen LogP) is 0.729. The van der Waals surface area contributed by atoms with Gasteiger partial charge in [0.1, 0.15) is 0 Å². The summed E-state index contributed by atoms with van der Waals surface area (Å²) in [6.07, 6.45) is 3.97. The van der Waals surface area contributed by atoms with E-state index < -0.39 is 5.97 Å². The summed E-state index contributed by atoms with van der Waals surface area (Å²) in [5, 5.41) is 11.8. The normalized spacial score (nSPS) is 21.1. The Kier molecular flexibility index (Phi) is 4.63. The van der Waals surface area contributed by atoms with Crippen molar-refractivity contribution < 1.29 is 14.7 Å². The summed E-state index contributed by atoms with van der Waals surface area (Å²) in [7, 11) is 2.08. The number of carbonyl (C=O) groups excluding carboxylic acids is 1. The number of likely N-dealkylation sites (tertiary alicyclic amines) is 1. The lowest BCUT2D eigenvalue weighted by Crippen LogP contribution is -2.49. The molecular weight excluding hydrogens is 246 g/mol. The van der Waals surface area contributed by atoms with Crippen molar-refractivity contribution in [2.45, 2.75) is 44.2 Å². The molecule has 6 heteroatoms. The highest BCUT2D eigenvalue weighted by Crippen LogP contribution is 2.27. The van der Waals surface area contributed by atoms with Crippen LogP contribution in [0.15, 0.2) is 0 Å². The average molecular weight is 269 g/mol. The number of carboxylic acids is 1. The first-order valence-electron chi connectivity index (χ1n) is 7.03. The lowest BCUT2D eigenvalue weighted by Gasteiger charge is -2.31. The van der Waals surface area contributed by atoms with Crippen molar-refractivity contribution >= 4 is 12.0 Å². The summed E-state index contributed by atoms with van der Waals surface area (Å²) >= 11 is 0. The Bertz CT molecular complexity index is 336. The molecule has 19 heavy (non-hydrogen) atoms. The number of hydrogen-bond acceptors (Lipinski definition) is 3. The minimum atomic E-state index is -0.849. The molecule has 2 rings (SSSR count). The molecule has 0 bridgehead atoms. The van der Waals surface area contributed by atoms with E-state index in [0.29, 0.717) is 6.54 Å². The Balaban J connectivity index is 1.80. The van der Waals surface area contributed by atoms with Gasteiger partial charge in [-0.2, -0.15) is 0 Å². The van der Waals surface area contributed by atoms with Crippen LogP contribution < -0.4 is 5.32 Å². The van der Waals surface area contributed by atoms with Crippen molar-refractivity contribution in [3.05, 3.63) is 0 Å². The van der Waals surface area contributed by atoms with E-state index in [1.165, 1.54) is 0 Å². The largest absolute Gasteiger partial charge is 0.481 e. The van der Waals surface area contributed by atoms with Crippen molar-refractivity contribution in [3.63, 3.8) is 0 Å². The molecule has 0 aromatic carbocycles. The molecule has 0 aromatic rings. The van der Waals surface area contributed by atoms with Gasteiger partial charge in [-0.15, -0.1) is 0 Å².